The van der Waals surface area contributed by atoms with Crippen molar-refractivity contribution in [2.24, 2.45) is 0 Å². The number of benzene rings is 3. The third-order valence-corrected chi connectivity index (χ3v) is 6.66. The lowest BCUT2D eigenvalue weighted by Crippen LogP contribution is -1.94. The van der Waals surface area contributed by atoms with Gasteiger partial charge in [0.1, 0.15) is 10.1 Å². The van der Waals surface area contributed by atoms with Crippen LogP contribution < -0.4 is 0 Å². The summed E-state index contributed by atoms with van der Waals surface area (Å²) in [7, 11) is 0. The minimum Gasteiger partial charge on any atom is -0.237 e. The largest absolute Gasteiger partial charge is 0.237 e. The van der Waals surface area contributed by atoms with E-state index in [2.05, 4.69) is 12.1 Å². The lowest BCUT2D eigenvalue weighted by Gasteiger charge is -2.12. The Morgan fingerprint density at radius 1 is 0.594 bits per heavy atom. The standard InChI is InChI=1S/C26H16N4S2/c27-17-15-23(19-9-3-1-4-10-19)31-25-26(30-22-14-8-7-13-21(22)29-25)32-24(16-18-28)20-11-5-2-6-12-20/h1-16H. The average Bonchev–Trinajstić information content (AvgIpc) is 2.85. The highest BCUT2D eigenvalue weighted by atomic mass is 32.2. The summed E-state index contributed by atoms with van der Waals surface area (Å²) < 4.78 is 0. The predicted molar refractivity (Wildman–Crippen MR) is 131 cm³/mol. The summed E-state index contributed by atoms with van der Waals surface area (Å²) in [6.07, 6.45) is 3.04. The molecule has 152 valence electrons. The van der Waals surface area contributed by atoms with Gasteiger partial charge in [-0.15, -0.1) is 0 Å². The van der Waals surface area contributed by atoms with Gasteiger partial charge in [0.15, 0.2) is 0 Å². The Labute approximate surface area is 195 Å². The van der Waals surface area contributed by atoms with Crippen LogP contribution in [0.3, 0.4) is 0 Å². The van der Waals surface area contributed by atoms with Crippen molar-refractivity contribution in [2.45, 2.75) is 10.1 Å². The van der Waals surface area contributed by atoms with Crippen LogP contribution in [0.25, 0.3) is 20.8 Å². The molecule has 0 radical (unpaired) electrons. The molecule has 0 unspecified atom stereocenters. The van der Waals surface area contributed by atoms with Crippen LogP contribution in [0.4, 0.5) is 0 Å². The van der Waals surface area contributed by atoms with E-state index in [9.17, 15) is 10.5 Å². The van der Waals surface area contributed by atoms with E-state index in [1.54, 1.807) is 0 Å². The Hall–Kier alpha value is -3.84. The Morgan fingerprint density at radius 2 is 0.969 bits per heavy atom. The molecular formula is C26H16N4S2. The Morgan fingerprint density at radius 3 is 1.34 bits per heavy atom. The van der Waals surface area contributed by atoms with Gasteiger partial charge in [0.2, 0.25) is 0 Å². The van der Waals surface area contributed by atoms with Crippen LogP contribution in [-0.2, 0) is 0 Å². The Bertz CT molecular complexity index is 1270. The molecule has 0 atom stereocenters. The van der Waals surface area contributed by atoms with Gasteiger partial charge in [-0.1, -0.05) is 96.3 Å². The summed E-state index contributed by atoms with van der Waals surface area (Å²) in [4.78, 5) is 11.3. The normalized spacial score (nSPS) is 11.7. The van der Waals surface area contributed by atoms with Crippen molar-refractivity contribution in [1.82, 2.24) is 9.97 Å². The summed E-state index contributed by atoms with van der Waals surface area (Å²) in [5.74, 6) is 0. The van der Waals surface area contributed by atoms with Crippen LogP contribution in [0.2, 0.25) is 0 Å². The second-order valence-electron chi connectivity index (χ2n) is 6.53. The van der Waals surface area contributed by atoms with Gasteiger partial charge in [0, 0.05) is 22.0 Å². The van der Waals surface area contributed by atoms with Crippen molar-refractivity contribution in [2.75, 3.05) is 0 Å². The first-order chi connectivity index (χ1) is 15.8. The molecule has 4 nitrogen and oxygen atoms in total. The van der Waals surface area contributed by atoms with Gasteiger partial charge in [-0.25, -0.2) is 9.97 Å². The van der Waals surface area contributed by atoms with Crippen LogP contribution in [0.5, 0.6) is 0 Å². The summed E-state index contributed by atoms with van der Waals surface area (Å²) in [5.41, 5.74) is 3.41. The highest BCUT2D eigenvalue weighted by Crippen LogP contribution is 2.42. The number of allylic oxidation sites excluding steroid dienone is 2. The molecule has 0 bridgehead atoms. The number of nitriles is 2. The van der Waals surface area contributed by atoms with Gasteiger partial charge in [-0.3, -0.25) is 0 Å². The van der Waals surface area contributed by atoms with Gasteiger partial charge < -0.3 is 0 Å². The molecule has 32 heavy (non-hydrogen) atoms. The van der Waals surface area contributed by atoms with Crippen molar-refractivity contribution in [3.63, 3.8) is 0 Å². The van der Waals surface area contributed by atoms with Crippen LogP contribution in [0, 0.1) is 22.7 Å². The molecule has 0 aliphatic carbocycles. The monoisotopic (exact) mass is 448 g/mol. The summed E-state index contributed by atoms with van der Waals surface area (Å²) in [5, 5.41) is 20.1. The Kier molecular flexibility index (Phi) is 6.99. The molecule has 6 heteroatoms. The number of hydrogen-bond acceptors (Lipinski definition) is 6. The molecule has 1 aromatic heterocycles. The van der Waals surface area contributed by atoms with Crippen molar-refractivity contribution in [3.05, 3.63) is 108 Å². The van der Waals surface area contributed by atoms with Crippen LogP contribution in [-0.4, -0.2) is 9.97 Å². The Balaban J connectivity index is 1.80. The second kappa shape index (κ2) is 10.5. The number of hydrogen-bond donors (Lipinski definition) is 0. The molecule has 1 heterocycles. The van der Waals surface area contributed by atoms with Gasteiger partial charge in [-0.05, 0) is 23.3 Å². The van der Waals surface area contributed by atoms with Crippen LogP contribution >= 0.6 is 23.5 Å². The van der Waals surface area contributed by atoms with E-state index in [-0.39, 0.29) is 0 Å². The molecule has 3 aromatic carbocycles. The third-order valence-electron chi connectivity index (χ3n) is 4.43. The molecule has 0 N–H and O–H groups in total. The summed E-state index contributed by atoms with van der Waals surface area (Å²) in [6.45, 7) is 0. The molecule has 0 spiro atoms. The van der Waals surface area contributed by atoms with Crippen molar-refractivity contribution in [3.8, 4) is 12.1 Å². The van der Waals surface area contributed by atoms with Crippen molar-refractivity contribution in [1.29, 1.82) is 10.5 Å². The predicted octanol–water partition coefficient (Wildman–Crippen LogP) is 6.94. The smallest absolute Gasteiger partial charge is 0.134 e. The molecule has 0 saturated carbocycles. The van der Waals surface area contributed by atoms with E-state index in [0.29, 0.717) is 10.1 Å². The average molecular weight is 449 g/mol. The van der Waals surface area contributed by atoms with Crippen LogP contribution in [0.15, 0.2) is 107 Å². The molecule has 0 aliphatic rings. The maximum atomic E-state index is 9.36. The molecule has 4 aromatic rings. The van der Waals surface area contributed by atoms with E-state index >= 15 is 0 Å². The third kappa shape index (κ3) is 5.07. The first kappa shape index (κ1) is 21.4. The lowest BCUT2D eigenvalue weighted by atomic mass is 10.2. The molecular weight excluding hydrogens is 432 g/mol. The first-order valence-corrected chi connectivity index (χ1v) is 11.3. The fraction of sp³-hybridized carbons (Fsp3) is 0. The van der Waals surface area contributed by atoms with Crippen LogP contribution in [0.1, 0.15) is 11.1 Å². The molecule has 0 saturated heterocycles. The van der Waals surface area contributed by atoms with Gasteiger partial charge >= 0.3 is 0 Å². The SMILES string of the molecule is N#CC=C(Sc1nc2ccccc2nc1SC(=CC#N)c1ccccc1)c1ccccc1. The van der Waals surface area contributed by atoms with Crippen molar-refractivity contribution >= 4 is 44.4 Å². The maximum Gasteiger partial charge on any atom is 0.134 e. The van der Waals surface area contributed by atoms with Gasteiger partial charge in [0.25, 0.3) is 0 Å². The second-order valence-corrected chi connectivity index (χ2v) is 8.60. The maximum absolute atomic E-state index is 9.36. The van der Waals surface area contributed by atoms with E-state index in [1.165, 1.54) is 35.7 Å². The highest BCUT2D eigenvalue weighted by Gasteiger charge is 2.16. The van der Waals surface area contributed by atoms with E-state index in [1.807, 2.05) is 84.9 Å². The van der Waals surface area contributed by atoms with Crippen molar-refractivity contribution < 1.29 is 0 Å². The number of rotatable bonds is 6. The number of nitrogens with zero attached hydrogens (tertiary/aromatic N) is 4. The number of fused-ring (bicyclic) bond motifs is 1. The zero-order valence-corrected chi connectivity index (χ0v) is 18.5. The highest BCUT2D eigenvalue weighted by molar-refractivity contribution is 8.11. The number of para-hydroxylation sites is 2. The fourth-order valence-corrected chi connectivity index (χ4v) is 4.93. The fourth-order valence-electron chi connectivity index (χ4n) is 2.97. The zero-order valence-electron chi connectivity index (χ0n) is 16.8. The van der Waals surface area contributed by atoms with Gasteiger partial charge in [-0.2, -0.15) is 10.5 Å². The first-order valence-electron chi connectivity index (χ1n) is 9.71. The number of aromatic nitrogens is 2. The van der Waals surface area contributed by atoms with E-state index < -0.39 is 0 Å². The molecule has 0 aliphatic heterocycles. The lowest BCUT2D eigenvalue weighted by molar-refractivity contribution is 0.976. The number of thioether (sulfide) groups is 2. The summed E-state index contributed by atoms with van der Waals surface area (Å²) >= 11 is 2.79. The van der Waals surface area contributed by atoms with Gasteiger partial charge in [0.05, 0.1) is 23.2 Å². The minimum absolute atomic E-state index is 0.679. The molecule has 4 rings (SSSR count). The molecule has 0 fully saturated rings. The summed E-state index contributed by atoms with van der Waals surface area (Å²) in [6, 6.07) is 31.4. The topological polar surface area (TPSA) is 73.4 Å². The zero-order chi connectivity index (χ0) is 22.2. The molecule has 0 amide bonds. The van der Waals surface area contributed by atoms with E-state index in [4.69, 9.17) is 9.97 Å². The quantitative estimate of drug-likeness (QED) is 0.235. The van der Waals surface area contributed by atoms with E-state index in [0.717, 1.165) is 32.0 Å². The minimum atomic E-state index is 0.679.